The van der Waals surface area contributed by atoms with Crippen molar-refractivity contribution in [3.63, 3.8) is 0 Å². The van der Waals surface area contributed by atoms with E-state index in [0.29, 0.717) is 0 Å². The van der Waals surface area contributed by atoms with Crippen LogP contribution in [0.4, 0.5) is 0 Å². The first-order chi connectivity index (χ1) is 13.7. The van der Waals surface area contributed by atoms with Crippen LogP contribution in [0.25, 0.3) is 31.7 Å². The fourth-order valence-corrected chi connectivity index (χ4v) is 6.21. The molecule has 0 saturated carbocycles. The van der Waals surface area contributed by atoms with Crippen LogP contribution in [0.5, 0.6) is 0 Å². The van der Waals surface area contributed by atoms with Gasteiger partial charge >= 0.3 is 0 Å². The molecular formula is C22H18ClN3S2. The van der Waals surface area contributed by atoms with E-state index < -0.39 is 0 Å². The molecule has 0 saturated heterocycles. The number of benzene rings is 1. The predicted molar refractivity (Wildman–Crippen MR) is 121 cm³/mol. The Labute approximate surface area is 176 Å². The number of halogens is 1. The van der Waals surface area contributed by atoms with E-state index in [1.807, 2.05) is 13.0 Å². The number of rotatable bonds is 4. The van der Waals surface area contributed by atoms with Crippen molar-refractivity contribution in [2.45, 2.75) is 31.2 Å². The lowest BCUT2D eigenvalue weighted by Crippen LogP contribution is -1.94. The minimum Gasteiger partial charge on any atom is -0.236 e. The highest BCUT2D eigenvalue weighted by Gasteiger charge is 2.24. The number of aromatic nitrogens is 3. The lowest BCUT2D eigenvalue weighted by atomic mass is 10.0. The third-order valence-electron chi connectivity index (χ3n) is 5.07. The van der Waals surface area contributed by atoms with Crippen LogP contribution >= 0.6 is 34.7 Å². The van der Waals surface area contributed by atoms with Gasteiger partial charge in [0.15, 0.2) is 0 Å². The molecule has 3 nitrogen and oxygen atoms in total. The van der Waals surface area contributed by atoms with Crippen molar-refractivity contribution < 1.29 is 0 Å². The zero-order valence-electron chi connectivity index (χ0n) is 15.4. The molecule has 4 aromatic rings. The van der Waals surface area contributed by atoms with E-state index in [1.54, 1.807) is 29.4 Å². The van der Waals surface area contributed by atoms with Crippen LogP contribution in [-0.2, 0) is 12.8 Å². The molecular weight excluding hydrogens is 406 g/mol. The van der Waals surface area contributed by atoms with Crippen LogP contribution in [0.2, 0.25) is 0 Å². The molecule has 28 heavy (non-hydrogen) atoms. The Morgan fingerprint density at radius 3 is 2.82 bits per heavy atom. The molecule has 1 aliphatic rings. The Morgan fingerprint density at radius 2 is 2.00 bits per heavy atom. The minimum atomic E-state index is 0.802. The number of hydrogen-bond donors (Lipinski definition) is 0. The Bertz CT molecular complexity index is 1210. The summed E-state index contributed by atoms with van der Waals surface area (Å²) >= 11 is 9.38. The summed E-state index contributed by atoms with van der Waals surface area (Å²) in [5, 5.41) is 3.05. The molecule has 0 N–H and O–H groups in total. The second-order valence-corrected chi connectivity index (χ2v) is 9.48. The van der Waals surface area contributed by atoms with E-state index in [2.05, 4.69) is 40.3 Å². The fraction of sp³-hybridized carbons (Fsp3) is 0.227. The lowest BCUT2D eigenvalue weighted by molar-refractivity contribution is 0.913. The summed E-state index contributed by atoms with van der Waals surface area (Å²) in [5.41, 5.74) is 6.21. The molecule has 0 aliphatic heterocycles. The van der Waals surface area contributed by atoms with E-state index in [4.69, 9.17) is 16.6 Å². The summed E-state index contributed by atoms with van der Waals surface area (Å²) in [4.78, 5) is 15.4. The first-order valence-electron chi connectivity index (χ1n) is 9.32. The number of pyridine rings is 1. The summed E-state index contributed by atoms with van der Waals surface area (Å²) < 4.78 is 1.13. The average molecular weight is 424 g/mol. The van der Waals surface area contributed by atoms with Crippen LogP contribution in [0.3, 0.4) is 0 Å². The summed E-state index contributed by atoms with van der Waals surface area (Å²) in [6.45, 7) is 1.90. The number of aryl methyl sites for hydroxylation is 1. The average Bonchev–Trinajstić information content (AvgIpc) is 3.32. The van der Waals surface area contributed by atoms with Crippen molar-refractivity contribution in [1.82, 2.24) is 15.0 Å². The first kappa shape index (κ1) is 18.1. The summed E-state index contributed by atoms with van der Waals surface area (Å²) in [6, 6.07) is 10.5. The molecule has 1 aliphatic carbocycles. The van der Waals surface area contributed by atoms with Crippen molar-refractivity contribution in [1.29, 1.82) is 0 Å². The molecule has 140 valence electrons. The van der Waals surface area contributed by atoms with E-state index >= 15 is 0 Å². The molecule has 0 amide bonds. The SMILES string of the molecule is CC(Cl)=CCSc1ncnc2c1sc1nc(-c3ccccc3)c3c(c12)CCC3. The molecule has 0 fully saturated rings. The largest absolute Gasteiger partial charge is 0.236 e. The molecule has 1 aromatic carbocycles. The standard InChI is InChI=1S/C22H18ClN3S2/c1-13(23)10-11-27-22-20-19(24-12-25-22)17-15-8-5-9-16(15)18(26-21(17)28-20)14-6-3-2-4-7-14/h2-4,6-7,10,12H,5,8-9,11H2,1H3. The van der Waals surface area contributed by atoms with Gasteiger partial charge in [0.25, 0.3) is 0 Å². The Morgan fingerprint density at radius 1 is 1.18 bits per heavy atom. The third-order valence-corrected chi connectivity index (χ3v) is 7.35. The Hall–Kier alpha value is -1.95. The number of hydrogen-bond acceptors (Lipinski definition) is 5. The van der Waals surface area contributed by atoms with Gasteiger partial charge < -0.3 is 0 Å². The van der Waals surface area contributed by atoms with Crippen molar-refractivity contribution >= 4 is 55.1 Å². The van der Waals surface area contributed by atoms with Crippen molar-refractivity contribution in [2.24, 2.45) is 0 Å². The highest BCUT2D eigenvalue weighted by Crippen LogP contribution is 2.43. The molecule has 3 heterocycles. The maximum absolute atomic E-state index is 5.97. The number of allylic oxidation sites excluding steroid dienone is 1. The fourth-order valence-electron chi connectivity index (χ4n) is 3.85. The second-order valence-electron chi connectivity index (χ2n) is 6.88. The van der Waals surface area contributed by atoms with Crippen LogP contribution in [0.1, 0.15) is 24.5 Å². The molecule has 3 aromatic heterocycles. The van der Waals surface area contributed by atoms with Gasteiger partial charge in [0, 0.05) is 21.7 Å². The van der Waals surface area contributed by atoms with Gasteiger partial charge in [-0.15, -0.1) is 23.1 Å². The third kappa shape index (κ3) is 3.11. The highest BCUT2D eigenvalue weighted by atomic mass is 35.5. The molecule has 0 atom stereocenters. The smallest absolute Gasteiger partial charge is 0.127 e. The maximum atomic E-state index is 5.97. The van der Waals surface area contributed by atoms with Crippen LogP contribution in [0.15, 0.2) is 52.8 Å². The zero-order valence-corrected chi connectivity index (χ0v) is 17.8. The van der Waals surface area contributed by atoms with Crippen LogP contribution < -0.4 is 0 Å². The monoisotopic (exact) mass is 423 g/mol. The molecule has 5 rings (SSSR count). The highest BCUT2D eigenvalue weighted by molar-refractivity contribution is 7.99. The molecule has 0 spiro atoms. The minimum absolute atomic E-state index is 0.802. The summed E-state index contributed by atoms with van der Waals surface area (Å²) in [6.07, 6.45) is 7.06. The Balaban J connectivity index is 1.72. The van der Waals surface area contributed by atoms with Crippen molar-refractivity contribution in [3.05, 3.63) is 58.9 Å². The normalized spacial score (nSPS) is 14.1. The van der Waals surface area contributed by atoms with Gasteiger partial charge in [-0.1, -0.05) is 48.0 Å². The second kappa shape index (κ2) is 7.47. The van der Waals surface area contributed by atoms with Gasteiger partial charge in [0.1, 0.15) is 16.2 Å². The lowest BCUT2D eigenvalue weighted by Gasteiger charge is -2.09. The van der Waals surface area contributed by atoms with Gasteiger partial charge in [-0.25, -0.2) is 15.0 Å². The van der Waals surface area contributed by atoms with Gasteiger partial charge in [0.05, 0.1) is 15.9 Å². The predicted octanol–water partition coefficient (Wildman–Crippen LogP) is 6.63. The molecule has 0 bridgehead atoms. The van der Waals surface area contributed by atoms with Gasteiger partial charge in [0.2, 0.25) is 0 Å². The van der Waals surface area contributed by atoms with E-state index in [0.717, 1.165) is 49.4 Å². The van der Waals surface area contributed by atoms with Gasteiger partial charge in [-0.2, -0.15) is 0 Å². The topological polar surface area (TPSA) is 38.7 Å². The van der Waals surface area contributed by atoms with Crippen molar-refractivity contribution in [2.75, 3.05) is 5.75 Å². The summed E-state index contributed by atoms with van der Waals surface area (Å²) in [5.74, 6) is 0.802. The Kier molecular flexibility index (Phi) is 4.83. The quantitative estimate of drug-likeness (QED) is 0.272. The number of nitrogens with zero attached hydrogens (tertiary/aromatic N) is 3. The first-order valence-corrected chi connectivity index (χ1v) is 11.5. The van der Waals surface area contributed by atoms with E-state index in [9.17, 15) is 0 Å². The molecule has 6 heteroatoms. The zero-order chi connectivity index (χ0) is 19.1. The maximum Gasteiger partial charge on any atom is 0.127 e. The summed E-state index contributed by atoms with van der Waals surface area (Å²) in [7, 11) is 0. The van der Waals surface area contributed by atoms with Crippen molar-refractivity contribution in [3.8, 4) is 11.3 Å². The molecule has 0 radical (unpaired) electrons. The number of fused-ring (bicyclic) bond motifs is 5. The van der Waals surface area contributed by atoms with E-state index in [-0.39, 0.29) is 0 Å². The van der Waals surface area contributed by atoms with Gasteiger partial charge in [-0.3, -0.25) is 0 Å². The van der Waals surface area contributed by atoms with E-state index in [1.165, 1.54) is 28.5 Å². The van der Waals surface area contributed by atoms with Gasteiger partial charge in [-0.05, 0) is 37.3 Å². The number of thioether (sulfide) groups is 1. The van der Waals surface area contributed by atoms with Crippen LogP contribution in [0, 0.1) is 0 Å². The number of thiophene rings is 1. The molecule has 0 unspecified atom stereocenters. The van der Waals surface area contributed by atoms with Crippen LogP contribution in [-0.4, -0.2) is 20.7 Å².